The summed E-state index contributed by atoms with van der Waals surface area (Å²) in [6, 6.07) is 15.3. The second kappa shape index (κ2) is 6.00. The Kier molecular flexibility index (Phi) is 4.08. The van der Waals surface area contributed by atoms with Crippen molar-refractivity contribution in [3.63, 3.8) is 0 Å². The number of nitrogens with one attached hydrogen (secondary N) is 1. The number of amides is 1. The van der Waals surface area contributed by atoms with Crippen molar-refractivity contribution in [3.8, 4) is 0 Å². The second-order valence-electron chi connectivity index (χ2n) is 4.85. The number of carbonyl (C=O) groups excluding carboxylic acids is 1. The molecule has 1 heterocycles. The number of carbonyl (C=O) groups is 1. The molecule has 0 saturated heterocycles. The highest BCUT2D eigenvalue weighted by Crippen LogP contribution is 2.27. The van der Waals surface area contributed by atoms with E-state index < -0.39 is 0 Å². The number of hydrogen-bond donors (Lipinski definition) is 1. The Bertz CT molecular complexity index is 712. The third-order valence-corrected chi connectivity index (χ3v) is 4.19. The first-order chi connectivity index (χ1) is 10.1. The maximum Gasteiger partial charge on any atom is 0.248 e. The fourth-order valence-corrected chi connectivity index (χ4v) is 2.89. The fourth-order valence-electron chi connectivity index (χ4n) is 2.35. The van der Waals surface area contributed by atoms with Crippen molar-refractivity contribution in [2.75, 3.05) is 0 Å². The lowest BCUT2D eigenvalue weighted by molar-refractivity contribution is -0.122. The van der Waals surface area contributed by atoms with Gasteiger partial charge < -0.3 is 0 Å². The lowest BCUT2D eigenvalue weighted by atomic mass is 9.89. The molecule has 5 heteroatoms. The molecule has 1 N–H and O–H groups in total. The zero-order valence-corrected chi connectivity index (χ0v) is 13.4. The number of rotatable bonds is 2. The van der Waals surface area contributed by atoms with Gasteiger partial charge in [0.2, 0.25) is 5.91 Å². The van der Waals surface area contributed by atoms with Gasteiger partial charge in [-0.2, -0.15) is 5.10 Å². The van der Waals surface area contributed by atoms with E-state index in [2.05, 4.69) is 26.5 Å². The molecule has 1 aliphatic heterocycles. The number of halogens is 2. The summed E-state index contributed by atoms with van der Waals surface area (Å²) < 4.78 is 0.961. The van der Waals surface area contributed by atoms with Crippen LogP contribution in [0.1, 0.15) is 23.5 Å². The maximum atomic E-state index is 12.1. The van der Waals surface area contributed by atoms with Crippen molar-refractivity contribution in [1.82, 2.24) is 5.43 Å². The average Bonchev–Trinajstić information content (AvgIpc) is 2.49. The van der Waals surface area contributed by atoms with Gasteiger partial charge in [0, 0.05) is 15.9 Å². The molecule has 2 aromatic rings. The van der Waals surface area contributed by atoms with Crippen LogP contribution in [0.5, 0.6) is 0 Å². The van der Waals surface area contributed by atoms with E-state index in [-0.39, 0.29) is 11.8 Å². The Morgan fingerprint density at radius 1 is 1.19 bits per heavy atom. The third kappa shape index (κ3) is 3.17. The summed E-state index contributed by atoms with van der Waals surface area (Å²) in [6.45, 7) is 0. The summed E-state index contributed by atoms with van der Waals surface area (Å²) in [5, 5.41) is 4.85. The predicted molar refractivity (Wildman–Crippen MR) is 87.6 cm³/mol. The Labute approximate surface area is 136 Å². The van der Waals surface area contributed by atoms with Crippen molar-refractivity contribution in [2.45, 2.75) is 12.3 Å². The molecule has 3 rings (SSSR count). The zero-order valence-electron chi connectivity index (χ0n) is 11.0. The van der Waals surface area contributed by atoms with E-state index in [1.54, 1.807) is 0 Å². The highest BCUT2D eigenvalue weighted by Gasteiger charge is 2.27. The molecule has 21 heavy (non-hydrogen) atoms. The minimum Gasteiger partial charge on any atom is -0.272 e. The van der Waals surface area contributed by atoms with Crippen LogP contribution in [0, 0.1) is 0 Å². The van der Waals surface area contributed by atoms with Gasteiger partial charge in [-0.3, -0.25) is 4.79 Å². The Hall–Kier alpha value is -1.65. The molecule has 0 radical (unpaired) electrons. The van der Waals surface area contributed by atoms with Crippen LogP contribution in [0.4, 0.5) is 0 Å². The molecule has 1 amide bonds. The van der Waals surface area contributed by atoms with Crippen LogP contribution >= 0.6 is 27.5 Å². The monoisotopic (exact) mass is 362 g/mol. The largest absolute Gasteiger partial charge is 0.272 e. The van der Waals surface area contributed by atoms with Gasteiger partial charge in [0.25, 0.3) is 0 Å². The first kappa shape index (κ1) is 14.3. The van der Waals surface area contributed by atoms with Gasteiger partial charge in [-0.1, -0.05) is 51.8 Å². The molecule has 0 aliphatic carbocycles. The van der Waals surface area contributed by atoms with Crippen LogP contribution in [0.25, 0.3) is 0 Å². The minimum absolute atomic E-state index is 0.0780. The van der Waals surface area contributed by atoms with Gasteiger partial charge in [-0.05, 0) is 35.4 Å². The highest BCUT2D eigenvalue weighted by molar-refractivity contribution is 9.10. The molecular weight excluding hydrogens is 352 g/mol. The summed E-state index contributed by atoms with van der Waals surface area (Å²) in [5.41, 5.74) is 5.42. The van der Waals surface area contributed by atoms with Gasteiger partial charge in [-0.15, -0.1) is 0 Å². The van der Waals surface area contributed by atoms with Crippen molar-refractivity contribution in [1.29, 1.82) is 0 Å². The topological polar surface area (TPSA) is 41.5 Å². The van der Waals surface area contributed by atoms with Crippen molar-refractivity contribution < 1.29 is 4.79 Å². The van der Waals surface area contributed by atoms with Gasteiger partial charge in [0.15, 0.2) is 0 Å². The molecular formula is C16H12BrClN2O. The predicted octanol–water partition coefficient (Wildman–Crippen LogP) is 4.11. The van der Waals surface area contributed by atoms with Crippen LogP contribution in [0.3, 0.4) is 0 Å². The summed E-state index contributed by atoms with van der Waals surface area (Å²) in [6.07, 6.45) is 0.573. The van der Waals surface area contributed by atoms with E-state index in [0.29, 0.717) is 11.4 Å². The molecule has 106 valence electrons. The fraction of sp³-hybridized carbons (Fsp3) is 0.125. The summed E-state index contributed by atoms with van der Waals surface area (Å²) in [4.78, 5) is 12.1. The molecule has 3 nitrogen and oxygen atoms in total. The second-order valence-corrected chi connectivity index (χ2v) is 6.21. The van der Waals surface area contributed by atoms with E-state index in [1.807, 2.05) is 48.5 Å². The molecule has 0 spiro atoms. The molecule has 0 bridgehead atoms. The summed E-state index contributed by atoms with van der Waals surface area (Å²) in [7, 11) is 0. The normalized spacial score (nSPS) is 18.1. The molecule has 0 fully saturated rings. The van der Waals surface area contributed by atoms with Crippen LogP contribution < -0.4 is 5.43 Å². The first-order valence-corrected chi connectivity index (χ1v) is 7.68. The van der Waals surface area contributed by atoms with Gasteiger partial charge in [0.05, 0.1) is 11.6 Å². The lowest BCUT2D eigenvalue weighted by Crippen LogP contribution is -2.33. The minimum atomic E-state index is -0.231. The smallest absolute Gasteiger partial charge is 0.248 e. The molecule has 1 atom stereocenters. The Balaban J connectivity index is 1.90. The van der Waals surface area contributed by atoms with Crippen LogP contribution in [-0.2, 0) is 4.79 Å². The Morgan fingerprint density at radius 2 is 1.95 bits per heavy atom. The molecule has 2 aromatic carbocycles. The molecule has 0 unspecified atom stereocenters. The van der Waals surface area contributed by atoms with E-state index in [4.69, 9.17) is 11.6 Å². The standard InChI is InChI=1S/C16H12BrClN2O/c17-12-3-1-2-11(8-12)14-9-15(19-20-16(14)21)10-4-6-13(18)7-5-10/h1-8,14H,9H2,(H,20,21)/t14-/m0/s1. The number of nitrogens with zero attached hydrogens (tertiary/aromatic N) is 1. The number of benzene rings is 2. The van der Waals surface area contributed by atoms with E-state index in [1.165, 1.54) is 0 Å². The third-order valence-electron chi connectivity index (χ3n) is 3.44. The first-order valence-electron chi connectivity index (χ1n) is 6.51. The maximum absolute atomic E-state index is 12.1. The van der Waals surface area contributed by atoms with Crippen LogP contribution in [0.15, 0.2) is 58.1 Å². The Morgan fingerprint density at radius 3 is 2.67 bits per heavy atom. The van der Waals surface area contributed by atoms with Crippen LogP contribution in [0.2, 0.25) is 5.02 Å². The van der Waals surface area contributed by atoms with Crippen molar-refractivity contribution in [3.05, 3.63) is 69.2 Å². The summed E-state index contributed by atoms with van der Waals surface area (Å²) in [5.74, 6) is -0.309. The molecule has 1 aliphatic rings. The van der Waals surface area contributed by atoms with E-state index >= 15 is 0 Å². The van der Waals surface area contributed by atoms with Gasteiger partial charge in [0.1, 0.15) is 0 Å². The lowest BCUT2D eigenvalue weighted by Gasteiger charge is -2.22. The van der Waals surface area contributed by atoms with E-state index in [0.717, 1.165) is 21.3 Å². The van der Waals surface area contributed by atoms with Crippen molar-refractivity contribution >= 4 is 39.1 Å². The highest BCUT2D eigenvalue weighted by atomic mass is 79.9. The SMILES string of the molecule is O=C1NN=C(c2ccc(Cl)cc2)C[C@H]1c1cccc(Br)c1. The summed E-state index contributed by atoms with van der Waals surface area (Å²) >= 11 is 9.34. The zero-order chi connectivity index (χ0) is 14.8. The molecule has 0 aromatic heterocycles. The van der Waals surface area contributed by atoms with Crippen LogP contribution in [-0.4, -0.2) is 11.6 Å². The van der Waals surface area contributed by atoms with Gasteiger partial charge >= 0.3 is 0 Å². The average molecular weight is 364 g/mol. The van der Waals surface area contributed by atoms with Gasteiger partial charge in [-0.25, -0.2) is 5.43 Å². The number of hydrogen-bond acceptors (Lipinski definition) is 2. The quantitative estimate of drug-likeness (QED) is 0.857. The van der Waals surface area contributed by atoms with E-state index in [9.17, 15) is 4.79 Å². The molecule has 0 saturated carbocycles. The van der Waals surface area contributed by atoms with Crippen molar-refractivity contribution in [2.24, 2.45) is 5.10 Å². The number of hydrazone groups is 1.